The summed E-state index contributed by atoms with van der Waals surface area (Å²) in [6.45, 7) is 4.48. The Hall–Kier alpha value is -1.03. The average Bonchev–Trinajstić information content (AvgIpc) is 2.55. The van der Waals surface area contributed by atoms with Crippen molar-refractivity contribution in [3.05, 3.63) is 17.5 Å². The zero-order valence-corrected chi connectivity index (χ0v) is 11.0. The fraction of sp³-hybridized carbons (Fsp3) is 0.636. The Balaban J connectivity index is 2.67. The Morgan fingerprint density at radius 3 is 2.75 bits per heavy atom. The van der Waals surface area contributed by atoms with Crippen LogP contribution in [0.2, 0.25) is 0 Å². The van der Waals surface area contributed by atoms with Crippen LogP contribution in [0.1, 0.15) is 29.4 Å². The normalized spacial score (nSPS) is 12.6. The molecule has 0 fully saturated rings. The SMILES string of the molecule is Cc1c(C(=O)N(C)CCC(C)Cl)cnn1C. The highest BCUT2D eigenvalue weighted by molar-refractivity contribution is 6.20. The molecule has 0 radical (unpaired) electrons. The summed E-state index contributed by atoms with van der Waals surface area (Å²) in [5, 5.41) is 4.15. The summed E-state index contributed by atoms with van der Waals surface area (Å²) in [6.07, 6.45) is 2.40. The molecule has 0 N–H and O–H groups in total. The molecular formula is C11H18ClN3O. The van der Waals surface area contributed by atoms with Crippen molar-refractivity contribution in [2.45, 2.75) is 25.6 Å². The molecule has 1 rings (SSSR count). The third-order valence-corrected chi connectivity index (χ3v) is 2.89. The lowest BCUT2D eigenvalue weighted by atomic mass is 10.2. The Labute approximate surface area is 101 Å². The minimum Gasteiger partial charge on any atom is -0.342 e. The summed E-state index contributed by atoms with van der Waals surface area (Å²) in [4.78, 5) is 13.7. The van der Waals surface area contributed by atoms with Crippen molar-refractivity contribution < 1.29 is 4.79 Å². The summed E-state index contributed by atoms with van der Waals surface area (Å²) in [5.74, 6) is 0.00270. The van der Waals surface area contributed by atoms with E-state index in [4.69, 9.17) is 11.6 Å². The quantitative estimate of drug-likeness (QED) is 0.757. The molecule has 1 heterocycles. The topological polar surface area (TPSA) is 38.1 Å². The van der Waals surface area contributed by atoms with Gasteiger partial charge in [0.2, 0.25) is 0 Å². The van der Waals surface area contributed by atoms with E-state index >= 15 is 0 Å². The van der Waals surface area contributed by atoms with E-state index in [1.807, 2.05) is 20.9 Å². The second kappa shape index (κ2) is 5.34. The molecule has 0 aliphatic heterocycles. The third kappa shape index (κ3) is 2.98. The molecule has 0 bridgehead atoms. The van der Waals surface area contributed by atoms with Crippen LogP contribution in [-0.4, -0.2) is 39.6 Å². The van der Waals surface area contributed by atoms with Crippen LogP contribution in [0.4, 0.5) is 0 Å². The first kappa shape index (κ1) is 13.0. The van der Waals surface area contributed by atoms with Gasteiger partial charge in [-0.1, -0.05) is 0 Å². The first-order valence-electron chi connectivity index (χ1n) is 5.31. The molecule has 0 aliphatic rings. The van der Waals surface area contributed by atoms with Crippen molar-refractivity contribution in [2.75, 3.05) is 13.6 Å². The van der Waals surface area contributed by atoms with Gasteiger partial charge in [0.25, 0.3) is 5.91 Å². The highest BCUT2D eigenvalue weighted by Crippen LogP contribution is 2.10. The Bertz CT molecular complexity index is 373. The lowest BCUT2D eigenvalue weighted by molar-refractivity contribution is 0.0793. The van der Waals surface area contributed by atoms with E-state index in [1.165, 1.54) is 0 Å². The van der Waals surface area contributed by atoms with Crippen molar-refractivity contribution in [3.63, 3.8) is 0 Å². The number of halogens is 1. The number of rotatable bonds is 4. The van der Waals surface area contributed by atoms with Crippen molar-refractivity contribution in [3.8, 4) is 0 Å². The Kier molecular flexibility index (Phi) is 4.35. The maximum Gasteiger partial charge on any atom is 0.257 e. The number of amides is 1. The van der Waals surface area contributed by atoms with Gasteiger partial charge in [-0.25, -0.2) is 0 Å². The smallest absolute Gasteiger partial charge is 0.257 e. The van der Waals surface area contributed by atoms with Crippen LogP contribution < -0.4 is 0 Å². The second-order valence-corrected chi connectivity index (χ2v) is 4.81. The van der Waals surface area contributed by atoms with Crippen LogP contribution in [0.25, 0.3) is 0 Å². The monoisotopic (exact) mass is 243 g/mol. The van der Waals surface area contributed by atoms with E-state index in [0.717, 1.165) is 12.1 Å². The van der Waals surface area contributed by atoms with Crippen LogP contribution in [0.15, 0.2) is 6.20 Å². The second-order valence-electron chi connectivity index (χ2n) is 4.06. The standard InChI is InChI=1S/C11H18ClN3O/c1-8(12)5-6-14(3)11(16)10-7-13-15(4)9(10)2/h7-8H,5-6H2,1-4H3. The minimum atomic E-state index is 0.00270. The molecular weight excluding hydrogens is 226 g/mol. The minimum absolute atomic E-state index is 0.00270. The number of carbonyl (C=O) groups excluding carboxylic acids is 1. The molecule has 5 heteroatoms. The van der Waals surface area contributed by atoms with Gasteiger partial charge in [-0.15, -0.1) is 11.6 Å². The van der Waals surface area contributed by atoms with Gasteiger partial charge in [0.05, 0.1) is 11.8 Å². The van der Waals surface area contributed by atoms with E-state index in [2.05, 4.69) is 5.10 Å². The number of hydrogen-bond acceptors (Lipinski definition) is 2. The molecule has 0 saturated carbocycles. The van der Waals surface area contributed by atoms with Crippen LogP contribution in [-0.2, 0) is 7.05 Å². The van der Waals surface area contributed by atoms with E-state index in [1.54, 1.807) is 22.8 Å². The number of hydrogen-bond donors (Lipinski definition) is 0. The molecule has 1 unspecified atom stereocenters. The van der Waals surface area contributed by atoms with Crippen molar-refractivity contribution in [1.29, 1.82) is 0 Å². The fourth-order valence-corrected chi connectivity index (χ4v) is 1.48. The lowest BCUT2D eigenvalue weighted by Crippen LogP contribution is -2.29. The number of aryl methyl sites for hydroxylation is 1. The zero-order chi connectivity index (χ0) is 12.3. The predicted molar refractivity (Wildman–Crippen MR) is 64.8 cm³/mol. The maximum absolute atomic E-state index is 12.0. The molecule has 0 aliphatic carbocycles. The van der Waals surface area contributed by atoms with E-state index in [9.17, 15) is 4.79 Å². The van der Waals surface area contributed by atoms with E-state index in [0.29, 0.717) is 12.1 Å². The third-order valence-electron chi connectivity index (χ3n) is 2.67. The predicted octanol–water partition coefficient (Wildman–Crippen LogP) is 1.82. The van der Waals surface area contributed by atoms with Gasteiger partial charge >= 0.3 is 0 Å². The summed E-state index contributed by atoms with van der Waals surface area (Å²) in [7, 11) is 3.61. The number of aromatic nitrogens is 2. The van der Waals surface area contributed by atoms with Gasteiger partial charge in [-0.2, -0.15) is 5.10 Å². The van der Waals surface area contributed by atoms with Crippen molar-refractivity contribution >= 4 is 17.5 Å². The largest absolute Gasteiger partial charge is 0.342 e. The molecule has 90 valence electrons. The molecule has 1 aromatic rings. The molecule has 0 aromatic carbocycles. The summed E-state index contributed by atoms with van der Waals surface area (Å²) < 4.78 is 1.70. The van der Waals surface area contributed by atoms with Gasteiger partial charge in [0.1, 0.15) is 0 Å². The maximum atomic E-state index is 12.0. The van der Waals surface area contributed by atoms with Gasteiger partial charge < -0.3 is 4.90 Å². The van der Waals surface area contributed by atoms with E-state index in [-0.39, 0.29) is 11.3 Å². The van der Waals surface area contributed by atoms with E-state index < -0.39 is 0 Å². The molecule has 1 aromatic heterocycles. The number of alkyl halides is 1. The highest BCUT2D eigenvalue weighted by Gasteiger charge is 2.16. The summed E-state index contributed by atoms with van der Waals surface area (Å²) >= 11 is 5.85. The summed E-state index contributed by atoms with van der Waals surface area (Å²) in [6, 6.07) is 0. The van der Waals surface area contributed by atoms with Crippen LogP contribution in [0, 0.1) is 6.92 Å². The van der Waals surface area contributed by atoms with Crippen LogP contribution >= 0.6 is 11.6 Å². The molecule has 1 amide bonds. The molecule has 16 heavy (non-hydrogen) atoms. The van der Waals surface area contributed by atoms with Crippen LogP contribution in [0.5, 0.6) is 0 Å². The fourth-order valence-electron chi connectivity index (χ4n) is 1.39. The van der Waals surface area contributed by atoms with Crippen LogP contribution in [0.3, 0.4) is 0 Å². The summed E-state index contributed by atoms with van der Waals surface area (Å²) in [5.41, 5.74) is 1.54. The van der Waals surface area contributed by atoms with Gasteiger partial charge in [0.15, 0.2) is 0 Å². The van der Waals surface area contributed by atoms with Gasteiger partial charge in [-0.3, -0.25) is 9.48 Å². The van der Waals surface area contributed by atoms with Crippen molar-refractivity contribution in [2.24, 2.45) is 7.05 Å². The molecule has 1 atom stereocenters. The Morgan fingerprint density at radius 1 is 1.69 bits per heavy atom. The molecule has 0 spiro atoms. The highest BCUT2D eigenvalue weighted by atomic mass is 35.5. The van der Waals surface area contributed by atoms with Gasteiger partial charge in [0, 0.05) is 31.7 Å². The molecule has 4 nitrogen and oxygen atoms in total. The lowest BCUT2D eigenvalue weighted by Gasteiger charge is -2.17. The number of carbonyl (C=O) groups is 1. The number of nitrogens with zero attached hydrogens (tertiary/aromatic N) is 3. The zero-order valence-electron chi connectivity index (χ0n) is 10.2. The first-order valence-corrected chi connectivity index (χ1v) is 5.75. The van der Waals surface area contributed by atoms with Crippen molar-refractivity contribution in [1.82, 2.24) is 14.7 Å². The molecule has 0 saturated heterocycles. The first-order chi connectivity index (χ1) is 7.43. The average molecular weight is 244 g/mol. The Morgan fingerprint density at radius 2 is 2.31 bits per heavy atom. The van der Waals surface area contributed by atoms with Gasteiger partial charge in [-0.05, 0) is 20.3 Å².